The predicted octanol–water partition coefficient (Wildman–Crippen LogP) is -7.71. The van der Waals surface area contributed by atoms with E-state index in [1.165, 1.54) is 0 Å². The molecule has 21 heavy (non-hydrogen) atoms. The number of halogens is 3. The Hall–Kier alpha value is -0.456. The van der Waals surface area contributed by atoms with Crippen LogP contribution in [-0.4, -0.2) is 30.5 Å². The van der Waals surface area contributed by atoms with Crippen molar-refractivity contribution in [1.29, 1.82) is 0 Å². The maximum absolute atomic E-state index is 4.53. The van der Waals surface area contributed by atoms with Crippen LogP contribution in [-0.2, 0) is 18.6 Å². The molecule has 0 bridgehead atoms. The Balaban J connectivity index is -0.000000361. The Morgan fingerprint density at radius 2 is 1.24 bits per heavy atom. The van der Waals surface area contributed by atoms with Crippen LogP contribution in [0.15, 0.2) is 22.3 Å². The SMILES string of the molecule is CNN=C(C)c1cc(C)cc(C(C)=NNC)n1.[Cl-].[Cl-].[Cl-].[V]. The van der Waals surface area contributed by atoms with Crippen LogP contribution in [0.1, 0.15) is 30.8 Å². The molecule has 0 aliphatic heterocycles. The van der Waals surface area contributed by atoms with Gasteiger partial charge in [-0.15, -0.1) is 0 Å². The van der Waals surface area contributed by atoms with E-state index in [0.29, 0.717) is 0 Å². The molecule has 1 rings (SSSR count). The Morgan fingerprint density at radius 3 is 1.52 bits per heavy atom. The van der Waals surface area contributed by atoms with E-state index >= 15 is 0 Å². The van der Waals surface area contributed by atoms with E-state index in [2.05, 4.69) is 26.0 Å². The number of hydrogen-bond donors (Lipinski definition) is 2. The summed E-state index contributed by atoms with van der Waals surface area (Å²) in [5, 5.41) is 8.26. The number of nitrogens with zero attached hydrogens (tertiary/aromatic N) is 3. The van der Waals surface area contributed by atoms with Gasteiger partial charge in [0, 0.05) is 32.7 Å². The Bertz CT molecular complexity index is 428. The van der Waals surface area contributed by atoms with Crippen LogP contribution in [0, 0.1) is 6.92 Å². The van der Waals surface area contributed by atoms with Gasteiger partial charge in [-0.2, -0.15) is 10.2 Å². The summed E-state index contributed by atoms with van der Waals surface area (Å²) in [5.74, 6) is 0. The molecule has 0 atom stereocenters. The van der Waals surface area contributed by atoms with Gasteiger partial charge in [0.15, 0.2) is 0 Å². The van der Waals surface area contributed by atoms with Crippen LogP contribution < -0.4 is 48.1 Å². The van der Waals surface area contributed by atoms with E-state index in [1.807, 2.05) is 32.9 Å². The first-order valence-corrected chi connectivity index (χ1v) is 5.50. The second kappa shape index (κ2) is 14.5. The largest absolute Gasteiger partial charge is 1.00 e. The van der Waals surface area contributed by atoms with E-state index in [4.69, 9.17) is 0 Å². The minimum Gasteiger partial charge on any atom is -1.00 e. The van der Waals surface area contributed by atoms with Crippen molar-refractivity contribution in [3.8, 4) is 0 Å². The van der Waals surface area contributed by atoms with E-state index in [9.17, 15) is 0 Å². The molecule has 0 saturated carbocycles. The van der Waals surface area contributed by atoms with Crippen molar-refractivity contribution in [3.63, 3.8) is 0 Å². The van der Waals surface area contributed by atoms with Crippen molar-refractivity contribution in [3.05, 3.63) is 29.1 Å². The Kier molecular flexibility index (Phi) is 19.8. The number of nitrogens with one attached hydrogen (secondary N) is 2. The summed E-state index contributed by atoms with van der Waals surface area (Å²) in [4.78, 5) is 4.53. The first kappa shape index (κ1) is 28.7. The van der Waals surface area contributed by atoms with Crippen molar-refractivity contribution in [1.82, 2.24) is 15.8 Å². The minimum atomic E-state index is 0. The average Bonchev–Trinajstić information content (AvgIpc) is 2.29. The first-order valence-electron chi connectivity index (χ1n) is 5.50. The monoisotopic (exact) mass is 389 g/mol. The maximum atomic E-state index is 4.53. The molecule has 0 aliphatic carbocycles. The van der Waals surface area contributed by atoms with Crippen LogP contribution in [0.5, 0.6) is 0 Å². The summed E-state index contributed by atoms with van der Waals surface area (Å²) in [6.07, 6.45) is 0. The van der Waals surface area contributed by atoms with Crippen LogP contribution in [0.4, 0.5) is 0 Å². The third-order valence-corrected chi connectivity index (χ3v) is 2.27. The van der Waals surface area contributed by atoms with Crippen LogP contribution in [0.25, 0.3) is 0 Å². The third-order valence-electron chi connectivity index (χ3n) is 2.27. The van der Waals surface area contributed by atoms with Crippen molar-refractivity contribution < 1.29 is 55.8 Å². The van der Waals surface area contributed by atoms with Crippen molar-refractivity contribution in [2.75, 3.05) is 14.1 Å². The maximum Gasteiger partial charge on any atom is 0.0870 e. The van der Waals surface area contributed by atoms with Gasteiger partial charge in [0.25, 0.3) is 0 Å². The summed E-state index contributed by atoms with van der Waals surface area (Å²) >= 11 is 0. The number of rotatable bonds is 4. The van der Waals surface area contributed by atoms with Crippen molar-refractivity contribution in [2.45, 2.75) is 20.8 Å². The molecule has 0 fully saturated rings. The van der Waals surface area contributed by atoms with Crippen LogP contribution in [0.2, 0.25) is 0 Å². The first-order chi connectivity index (χ1) is 8.08. The van der Waals surface area contributed by atoms with Gasteiger partial charge in [-0.3, -0.25) is 0 Å². The molecule has 9 heteroatoms. The molecule has 1 heterocycles. The minimum absolute atomic E-state index is 0. The van der Waals surface area contributed by atoms with Crippen molar-refractivity contribution in [2.24, 2.45) is 10.2 Å². The number of hydrazone groups is 2. The Labute approximate surface area is 157 Å². The average molecular weight is 391 g/mol. The molecule has 0 spiro atoms. The predicted molar refractivity (Wildman–Crippen MR) is 71.5 cm³/mol. The zero-order valence-corrected chi connectivity index (χ0v) is 16.2. The fraction of sp³-hybridized carbons (Fsp3) is 0.417. The van der Waals surface area contributed by atoms with E-state index < -0.39 is 0 Å². The number of pyridine rings is 1. The molecular formula is C12H19Cl3N5V-3. The van der Waals surface area contributed by atoms with Gasteiger partial charge >= 0.3 is 0 Å². The molecule has 0 aliphatic rings. The van der Waals surface area contributed by atoms with Gasteiger partial charge in [-0.05, 0) is 38.5 Å². The number of aromatic nitrogens is 1. The van der Waals surface area contributed by atoms with E-state index in [1.54, 1.807) is 14.1 Å². The summed E-state index contributed by atoms with van der Waals surface area (Å²) in [6, 6.07) is 4.01. The molecule has 2 N–H and O–H groups in total. The van der Waals surface area contributed by atoms with Gasteiger partial charge in [0.2, 0.25) is 0 Å². The standard InChI is InChI=1S/C12H19N5.3ClH.V/c1-8-6-11(9(2)16-13-4)15-12(7-8)10(3)17-14-5;;;;/h6-7,13-14H,1-5H3;3*1H;/p-3. The van der Waals surface area contributed by atoms with Gasteiger partial charge in [0.05, 0.1) is 22.8 Å². The summed E-state index contributed by atoms with van der Waals surface area (Å²) < 4.78 is 0. The zero-order valence-electron chi connectivity index (χ0n) is 12.6. The third kappa shape index (κ3) is 9.22. The molecule has 5 nitrogen and oxygen atoms in total. The van der Waals surface area contributed by atoms with Gasteiger partial charge in [-0.25, -0.2) is 4.98 Å². The molecular weight excluding hydrogens is 371 g/mol. The molecule has 0 aromatic carbocycles. The zero-order chi connectivity index (χ0) is 12.8. The van der Waals surface area contributed by atoms with E-state index in [0.717, 1.165) is 28.4 Å². The van der Waals surface area contributed by atoms with E-state index in [-0.39, 0.29) is 55.8 Å². The summed E-state index contributed by atoms with van der Waals surface area (Å²) in [7, 11) is 3.54. The smallest absolute Gasteiger partial charge is 0.0870 e. The fourth-order valence-corrected chi connectivity index (χ4v) is 1.49. The fourth-order valence-electron chi connectivity index (χ4n) is 1.49. The van der Waals surface area contributed by atoms with Crippen LogP contribution >= 0.6 is 0 Å². The number of aryl methyl sites for hydroxylation is 1. The van der Waals surface area contributed by atoms with Gasteiger partial charge < -0.3 is 48.1 Å². The van der Waals surface area contributed by atoms with Crippen molar-refractivity contribution >= 4 is 11.4 Å². The summed E-state index contributed by atoms with van der Waals surface area (Å²) in [6.45, 7) is 5.88. The molecule has 0 amide bonds. The molecule has 1 aromatic heterocycles. The second-order valence-electron chi connectivity index (χ2n) is 3.76. The van der Waals surface area contributed by atoms with Crippen LogP contribution in [0.3, 0.4) is 0 Å². The molecule has 1 aromatic rings. The number of hydrogen-bond acceptors (Lipinski definition) is 5. The molecule has 0 saturated heterocycles. The molecule has 1 radical (unpaired) electrons. The molecule has 0 unspecified atom stereocenters. The van der Waals surface area contributed by atoms with Gasteiger partial charge in [0.1, 0.15) is 0 Å². The van der Waals surface area contributed by atoms with Gasteiger partial charge in [-0.1, -0.05) is 0 Å². The summed E-state index contributed by atoms with van der Waals surface area (Å²) in [5.41, 5.74) is 10.1. The quantitative estimate of drug-likeness (QED) is 0.397. The molecule has 121 valence electrons. The second-order valence-corrected chi connectivity index (χ2v) is 3.76. The Morgan fingerprint density at radius 1 is 0.905 bits per heavy atom. The normalized spacial score (nSPS) is 10.1. The topological polar surface area (TPSA) is 61.7 Å².